The molecule has 4 heteroatoms. The molecule has 0 saturated carbocycles. The van der Waals surface area contributed by atoms with Gasteiger partial charge in [-0.1, -0.05) is 91.0 Å². The van der Waals surface area contributed by atoms with Gasteiger partial charge in [0.1, 0.15) is 0 Å². The lowest BCUT2D eigenvalue weighted by atomic mass is 9.83. The van der Waals surface area contributed by atoms with Crippen LogP contribution >= 0.6 is 0 Å². The summed E-state index contributed by atoms with van der Waals surface area (Å²) in [5.74, 6) is 0. The molecule has 0 amide bonds. The molecule has 4 aromatic carbocycles. The number of allylic oxidation sites excluding steroid dienone is 5. The first kappa shape index (κ1) is 21.8. The molecule has 0 saturated heterocycles. The standard InChI is InChI=1S/C31H20N2O2/c32-21-25-13-7-8-14-27(25)29-20-19-28(22-15-17-26(18-16-22)33(34)35)31(29)30(23-9-3-1-4-10-23)24-11-5-2-6-12-24/h1-20H. The number of nitro benzene ring substituents is 1. The summed E-state index contributed by atoms with van der Waals surface area (Å²) in [7, 11) is 0. The van der Waals surface area contributed by atoms with Gasteiger partial charge in [-0.25, -0.2) is 0 Å². The fourth-order valence-electron chi connectivity index (χ4n) is 4.46. The average molecular weight is 453 g/mol. The maximum absolute atomic E-state index is 11.2. The van der Waals surface area contributed by atoms with Crippen LogP contribution < -0.4 is 0 Å². The first-order chi connectivity index (χ1) is 17.2. The number of non-ortho nitro benzene ring substituents is 1. The van der Waals surface area contributed by atoms with Crippen molar-refractivity contribution in [3.8, 4) is 6.07 Å². The van der Waals surface area contributed by atoms with Gasteiger partial charge < -0.3 is 0 Å². The minimum absolute atomic E-state index is 0.0484. The van der Waals surface area contributed by atoms with Crippen molar-refractivity contribution in [2.75, 3.05) is 0 Å². The van der Waals surface area contributed by atoms with Crippen LogP contribution in [0, 0.1) is 21.4 Å². The third-order valence-electron chi connectivity index (χ3n) is 6.06. The van der Waals surface area contributed by atoms with Crippen LogP contribution in [-0.4, -0.2) is 4.92 Å². The van der Waals surface area contributed by atoms with E-state index in [1.54, 1.807) is 12.1 Å². The Hall–Kier alpha value is -5.01. The molecule has 0 bridgehead atoms. The number of hydrogen-bond acceptors (Lipinski definition) is 3. The van der Waals surface area contributed by atoms with E-state index >= 15 is 0 Å². The molecule has 0 unspecified atom stereocenters. The molecule has 0 aliphatic heterocycles. The van der Waals surface area contributed by atoms with Gasteiger partial charge in [-0.3, -0.25) is 10.1 Å². The summed E-state index contributed by atoms with van der Waals surface area (Å²) < 4.78 is 0. The number of nitro groups is 1. The number of hydrogen-bond donors (Lipinski definition) is 0. The zero-order valence-electron chi connectivity index (χ0n) is 18.8. The summed E-state index contributed by atoms with van der Waals surface area (Å²) in [4.78, 5) is 10.8. The fraction of sp³-hybridized carbons (Fsp3) is 0. The van der Waals surface area contributed by atoms with E-state index in [1.807, 2.05) is 72.8 Å². The topological polar surface area (TPSA) is 66.9 Å². The number of rotatable bonds is 5. The van der Waals surface area contributed by atoms with E-state index in [9.17, 15) is 15.4 Å². The molecule has 1 aliphatic rings. The third-order valence-corrected chi connectivity index (χ3v) is 6.06. The Morgan fingerprint density at radius 2 is 1.23 bits per heavy atom. The van der Waals surface area contributed by atoms with E-state index in [-0.39, 0.29) is 5.69 Å². The van der Waals surface area contributed by atoms with E-state index < -0.39 is 4.92 Å². The van der Waals surface area contributed by atoms with Crippen molar-refractivity contribution in [1.29, 1.82) is 5.26 Å². The van der Waals surface area contributed by atoms with Crippen molar-refractivity contribution in [3.63, 3.8) is 0 Å². The molecule has 0 fully saturated rings. The van der Waals surface area contributed by atoms with Crippen LogP contribution in [0.5, 0.6) is 0 Å². The van der Waals surface area contributed by atoms with Gasteiger partial charge in [0, 0.05) is 17.7 Å². The molecule has 1 aliphatic carbocycles. The monoisotopic (exact) mass is 452 g/mol. The minimum atomic E-state index is -0.393. The van der Waals surface area contributed by atoms with E-state index in [2.05, 4.69) is 30.3 Å². The Morgan fingerprint density at radius 3 is 1.80 bits per heavy atom. The van der Waals surface area contributed by atoms with E-state index in [1.165, 1.54) is 12.1 Å². The van der Waals surface area contributed by atoms with Crippen LogP contribution in [0.15, 0.2) is 127 Å². The molecule has 5 rings (SSSR count). The average Bonchev–Trinajstić information content (AvgIpc) is 3.34. The molecule has 0 aromatic heterocycles. The third kappa shape index (κ3) is 4.19. The second-order valence-corrected chi connectivity index (χ2v) is 8.10. The molecule has 0 atom stereocenters. The highest BCUT2D eigenvalue weighted by molar-refractivity contribution is 6.12. The Morgan fingerprint density at radius 1 is 0.686 bits per heavy atom. The molecule has 4 aromatic rings. The summed E-state index contributed by atoms with van der Waals surface area (Å²) in [6, 6.07) is 36.8. The maximum atomic E-state index is 11.2. The zero-order chi connectivity index (χ0) is 24.2. The van der Waals surface area contributed by atoms with Crippen molar-refractivity contribution in [3.05, 3.63) is 165 Å². The van der Waals surface area contributed by atoms with Crippen LogP contribution in [-0.2, 0) is 0 Å². The van der Waals surface area contributed by atoms with Crippen molar-refractivity contribution in [2.45, 2.75) is 0 Å². The predicted molar refractivity (Wildman–Crippen MR) is 139 cm³/mol. The lowest BCUT2D eigenvalue weighted by molar-refractivity contribution is -0.384. The minimum Gasteiger partial charge on any atom is -0.258 e. The van der Waals surface area contributed by atoms with Crippen LogP contribution in [0.2, 0.25) is 0 Å². The number of nitriles is 1. The fourth-order valence-corrected chi connectivity index (χ4v) is 4.46. The highest BCUT2D eigenvalue weighted by Crippen LogP contribution is 2.46. The van der Waals surface area contributed by atoms with E-state index in [0.717, 1.165) is 44.5 Å². The van der Waals surface area contributed by atoms with Gasteiger partial charge in [-0.15, -0.1) is 0 Å². The lowest BCUT2D eigenvalue weighted by Crippen LogP contribution is -2.00. The van der Waals surface area contributed by atoms with Crippen molar-refractivity contribution >= 4 is 22.4 Å². The Balaban J connectivity index is 1.81. The Bertz CT molecular complexity index is 1500. The quantitative estimate of drug-likeness (QED) is 0.233. The van der Waals surface area contributed by atoms with Gasteiger partial charge in [0.2, 0.25) is 0 Å². The summed E-state index contributed by atoms with van der Waals surface area (Å²) >= 11 is 0. The first-order valence-electron chi connectivity index (χ1n) is 11.2. The van der Waals surface area contributed by atoms with Crippen molar-refractivity contribution in [2.24, 2.45) is 0 Å². The molecule has 0 spiro atoms. The molecule has 35 heavy (non-hydrogen) atoms. The number of nitrogens with zero attached hydrogens (tertiary/aromatic N) is 2. The van der Waals surface area contributed by atoms with Crippen LogP contribution in [0.3, 0.4) is 0 Å². The summed E-state index contributed by atoms with van der Waals surface area (Å²) in [5.41, 5.74) is 8.36. The summed E-state index contributed by atoms with van der Waals surface area (Å²) in [6.07, 6.45) is 4.07. The summed E-state index contributed by atoms with van der Waals surface area (Å²) in [5, 5.41) is 21.1. The maximum Gasteiger partial charge on any atom is 0.269 e. The largest absolute Gasteiger partial charge is 0.269 e. The summed E-state index contributed by atoms with van der Waals surface area (Å²) in [6.45, 7) is 0. The SMILES string of the molecule is N#Cc1ccccc1C1=CC=C(c2ccc([N+](=O)[O-])cc2)C1=C(c1ccccc1)c1ccccc1. The first-order valence-corrected chi connectivity index (χ1v) is 11.2. The van der Waals surface area contributed by atoms with Crippen LogP contribution in [0.25, 0.3) is 16.7 Å². The highest BCUT2D eigenvalue weighted by Gasteiger charge is 2.26. The van der Waals surface area contributed by atoms with Gasteiger partial charge in [0.25, 0.3) is 5.69 Å². The highest BCUT2D eigenvalue weighted by atomic mass is 16.6. The molecule has 0 heterocycles. The van der Waals surface area contributed by atoms with E-state index in [0.29, 0.717) is 5.56 Å². The Labute approximate surface area is 203 Å². The molecule has 0 N–H and O–H groups in total. The Kier molecular flexibility index (Phi) is 5.90. The van der Waals surface area contributed by atoms with Gasteiger partial charge in [0.05, 0.1) is 16.6 Å². The van der Waals surface area contributed by atoms with Gasteiger partial charge in [0.15, 0.2) is 0 Å². The molecule has 4 nitrogen and oxygen atoms in total. The van der Waals surface area contributed by atoms with Crippen LogP contribution in [0.4, 0.5) is 5.69 Å². The molecule has 166 valence electrons. The smallest absolute Gasteiger partial charge is 0.258 e. The van der Waals surface area contributed by atoms with Crippen LogP contribution in [0.1, 0.15) is 27.8 Å². The predicted octanol–water partition coefficient (Wildman–Crippen LogP) is 7.45. The van der Waals surface area contributed by atoms with Gasteiger partial charge in [-0.05, 0) is 57.2 Å². The zero-order valence-corrected chi connectivity index (χ0v) is 18.8. The number of benzene rings is 4. The second kappa shape index (κ2) is 9.46. The normalized spacial score (nSPS) is 12.5. The lowest BCUT2D eigenvalue weighted by Gasteiger charge is -2.20. The molecule has 0 radical (unpaired) electrons. The second-order valence-electron chi connectivity index (χ2n) is 8.10. The molecular weight excluding hydrogens is 432 g/mol. The van der Waals surface area contributed by atoms with Gasteiger partial charge >= 0.3 is 0 Å². The van der Waals surface area contributed by atoms with Gasteiger partial charge in [-0.2, -0.15) is 5.26 Å². The van der Waals surface area contributed by atoms with Crippen molar-refractivity contribution in [1.82, 2.24) is 0 Å². The van der Waals surface area contributed by atoms with E-state index in [4.69, 9.17) is 0 Å². The molecular formula is C31H20N2O2. The van der Waals surface area contributed by atoms with Crippen molar-refractivity contribution < 1.29 is 4.92 Å².